The molecule has 5 heteroatoms. The Balaban J connectivity index is 1.67. The number of methoxy groups -OCH3 is 1. The summed E-state index contributed by atoms with van der Waals surface area (Å²) in [5.74, 6) is 0.833. The number of hydrogen-bond donors (Lipinski definition) is 2. The zero-order valence-electron chi connectivity index (χ0n) is 15.1. The van der Waals surface area contributed by atoms with Crippen LogP contribution in [0.3, 0.4) is 0 Å². The summed E-state index contributed by atoms with van der Waals surface area (Å²) in [6, 6.07) is 27.9. The molecule has 0 aliphatic carbocycles. The standard InChI is InChI=1S/C22H21N3OS/c1-26-20-14-12-17(13-15-20)16-23-22(27)25-24-21(18-8-4-2-5-9-18)19-10-6-3-7-11-19/h2-15H,16H2,1H3,(H2,23,25,27). The number of rotatable bonds is 6. The first-order valence-corrected chi connectivity index (χ1v) is 9.02. The summed E-state index contributed by atoms with van der Waals surface area (Å²) >= 11 is 5.37. The van der Waals surface area contributed by atoms with Gasteiger partial charge in [-0.15, -0.1) is 0 Å². The third kappa shape index (κ3) is 5.39. The summed E-state index contributed by atoms with van der Waals surface area (Å²) in [5.41, 5.74) is 6.95. The monoisotopic (exact) mass is 375 g/mol. The lowest BCUT2D eigenvalue weighted by Gasteiger charge is -2.11. The van der Waals surface area contributed by atoms with Gasteiger partial charge in [-0.3, -0.25) is 5.43 Å². The predicted molar refractivity (Wildman–Crippen MR) is 114 cm³/mol. The minimum atomic E-state index is 0.468. The molecule has 0 radical (unpaired) electrons. The van der Waals surface area contributed by atoms with Gasteiger partial charge in [0.05, 0.1) is 12.8 Å². The van der Waals surface area contributed by atoms with Gasteiger partial charge in [-0.1, -0.05) is 72.8 Å². The normalized spacial score (nSPS) is 9.96. The first-order chi connectivity index (χ1) is 13.3. The van der Waals surface area contributed by atoms with Crippen molar-refractivity contribution in [3.05, 3.63) is 102 Å². The van der Waals surface area contributed by atoms with E-state index >= 15 is 0 Å². The van der Waals surface area contributed by atoms with E-state index in [1.165, 1.54) is 0 Å². The molecule has 2 N–H and O–H groups in total. The van der Waals surface area contributed by atoms with Crippen molar-refractivity contribution in [1.29, 1.82) is 0 Å². The molecule has 0 atom stereocenters. The highest BCUT2D eigenvalue weighted by Gasteiger charge is 2.06. The third-order valence-electron chi connectivity index (χ3n) is 3.98. The summed E-state index contributed by atoms with van der Waals surface area (Å²) in [7, 11) is 1.65. The van der Waals surface area contributed by atoms with Crippen LogP contribution >= 0.6 is 12.2 Å². The van der Waals surface area contributed by atoms with E-state index in [9.17, 15) is 0 Å². The van der Waals surface area contributed by atoms with Crippen LogP contribution in [0.5, 0.6) is 5.75 Å². The topological polar surface area (TPSA) is 45.6 Å². The summed E-state index contributed by atoms with van der Waals surface area (Å²) < 4.78 is 5.17. The molecule has 27 heavy (non-hydrogen) atoms. The third-order valence-corrected chi connectivity index (χ3v) is 4.21. The molecule has 3 aromatic carbocycles. The van der Waals surface area contributed by atoms with E-state index in [0.29, 0.717) is 11.7 Å². The molecular weight excluding hydrogens is 354 g/mol. The minimum Gasteiger partial charge on any atom is -0.497 e. The molecule has 136 valence electrons. The van der Waals surface area contributed by atoms with Crippen molar-refractivity contribution < 1.29 is 4.74 Å². The Bertz CT molecular complexity index is 852. The Labute approximate surface area is 164 Å². The highest BCUT2D eigenvalue weighted by atomic mass is 32.1. The van der Waals surface area contributed by atoms with Crippen LogP contribution in [0.25, 0.3) is 0 Å². The van der Waals surface area contributed by atoms with Gasteiger partial charge in [0.2, 0.25) is 0 Å². The van der Waals surface area contributed by atoms with Gasteiger partial charge in [0, 0.05) is 17.7 Å². The van der Waals surface area contributed by atoms with Crippen LogP contribution in [0.1, 0.15) is 16.7 Å². The summed E-state index contributed by atoms with van der Waals surface area (Å²) in [5, 5.41) is 8.18. The quantitative estimate of drug-likeness (QED) is 0.387. The van der Waals surface area contributed by atoms with Crippen LogP contribution < -0.4 is 15.5 Å². The van der Waals surface area contributed by atoms with E-state index in [1.54, 1.807) is 7.11 Å². The van der Waals surface area contributed by atoms with Crippen molar-refractivity contribution in [3.8, 4) is 5.75 Å². The average Bonchev–Trinajstić information content (AvgIpc) is 2.74. The van der Waals surface area contributed by atoms with Crippen molar-refractivity contribution in [2.75, 3.05) is 7.11 Å². The van der Waals surface area contributed by atoms with Crippen molar-refractivity contribution in [3.63, 3.8) is 0 Å². The molecule has 0 unspecified atom stereocenters. The molecule has 0 bridgehead atoms. The van der Waals surface area contributed by atoms with Crippen LogP contribution in [0, 0.1) is 0 Å². The molecule has 3 rings (SSSR count). The van der Waals surface area contributed by atoms with Gasteiger partial charge in [-0.25, -0.2) is 0 Å². The van der Waals surface area contributed by atoms with Gasteiger partial charge in [-0.2, -0.15) is 5.10 Å². The zero-order chi connectivity index (χ0) is 18.9. The average molecular weight is 375 g/mol. The lowest BCUT2D eigenvalue weighted by molar-refractivity contribution is 0.414. The van der Waals surface area contributed by atoms with Crippen LogP contribution in [-0.2, 0) is 6.54 Å². The van der Waals surface area contributed by atoms with Gasteiger partial charge in [0.15, 0.2) is 5.11 Å². The maximum Gasteiger partial charge on any atom is 0.187 e. The molecule has 0 spiro atoms. The molecule has 0 amide bonds. The number of benzene rings is 3. The van der Waals surface area contributed by atoms with Gasteiger partial charge in [0.25, 0.3) is 0 Å². The van der Waals surface area contributed by atoms with Crippen molar-refractivity contribution >= 4 is 23.0 Å². The van der Waals surface area contributed by atoms with E-state index in [-0.39, 0.29) is 0 Å². The SMILES string of the molecule is COc1ccc(CNC(=S)NN=C(c2ccccc2)c2ccccc2)cc1. The van der Waals surface area contributed by atoms with Crippen molar-refractivity contribution in [1.82, 2.24) is 10.7 Å². The smallest absolute Gasteiger partial charge is 0.187 e. The molecule has 4 nitrogen and oxygen atoms in total. The Morgan fingerprint density at radius 3 is 1.93 bits per heavy atom. The molecule has 0 saturated carbocycles. The fourth-order valence-electron chi connectivity index (χ4n) is 2.56. The molecule has 0 aliphatic heterocycles. The van der Waals surface area contributed by atoms with Gasteiger partial charge < -0.3 is 10.1 Å². The Hall–Kier alpha value is -3.18. The number of thiocarbonyl (C=S) groups is 1. The van der Waals surface area contributed by atoms with Gasteiger partial charge >= 0.3 is 0 Å². The molecule has 0 heterocycles. The maximum absolute atomic E-state index is 5.37. The lowest BCUT2D eigenvalue weighted by Crippen LogP contribution is -2.32. The van der Waals surface area contributed by atoms with Crippen LogP contribution in [0.15, 0.2) is 90.0 Å². The first-order valence-electron chi connectivity index (χ1n) is 8.61. The van der Waals surface area contributed by atoms with E-state index < -0.39 is 0 Å². The predicted octanol–water partition coefficient (Wildman–Crippen LogP) is 4.11. The second-order valence-corrected chi connectivity index (χ2v) is 6.24. The van der Waals surface area contributed by atoms with E-state index in [2.05, 4.69) is 15.8 Å². The largest absolute Gasteiger partial charge is 0.497 e. The number of nitrogens with one attached hydrogen (secondary N) is 2. The number of hydrazone groups is 1. The molecule has 0 aliphatic rings. The van der Waals surface area contributed by atoms with E-state index in [1.807, 2.05) is 84.9 Å². The highest BCUT2D eigenvalue weighted by molar-refractivity contribution is 7.80. The molecule has 0 saturated heterocycles. The summed E-state index contributed by atoms with van der Waals surface area (Å²) in [6.45, 7) is 0.608. The number of nitrogens with zero attached hydrogens (tertiary/aromatic N) is 1. The number of hydrogen-bond acceptors (Lipinski definition) is 3. The van der Waals surface area contributed by atoms with E-state index in [0.717, 1.165) is 28.2 Å². The highest BCUT2D eigenvalue weighted by Crippen LogP contribution is 2.11. The molecule has 0 aromatic heterocycles. The van der Waals surface area contributed by atoms with Crippen LogP contribution in [0.2, 0.25) is 0 Å². The van der Waals surface area contributed by atoms with Crippen molar-refractivity contribution in [2.24, 2.45) is 5.10 Å². The Morgan fingerprint density at radius 1 is 0.852 bits per heavy atom. The molecule has 0 fully saturated rings. The second kappa shape index (κ2) is 9.50. The van der Waals surface area contributed by atoms with Crippen molar-refractivity contribution in [2.45, 2.75) is 6.54 Å². The number of ether oxygens (including phenoxy) is 1. The Kier molecular flexibility index (Phi) is 6.55. The maximum atomic E-state index is 5.37. The van der Waals surface area contributed by atoms with Gasteiger partial charge in [-0.05, 0) is 29.9 Å². The summed E-state index contributed by atoms with van der Waals surface area (Å²) in [4.78, 5) is 0. The molecular formula is C22H21N3OS. The fraction of sp³-hybridized carbons (Fsp3) is 0.0909. The van der Waals surface area contributed by atoms with Crippen LogP contribution in [-0.4, -0.2) is 17.9 Å². The van der Waals surface area contributed by atoms with Gasteiger partial charge in [0.1, 0.15) is 5.75 Å². The fourth-order valence-corrected chi connectivity index (χ4v) is 2.68. The van der Waals surface area contributed by atoms with Crippen LogP contribution in [0.4, 0.5) is 0 Å². The van der Waals surface area contributed by atoms with E-state index in [4.69, 9.17) is 17.0 Å². The summed E-state index contributed by atoms with van der Waals surface area (Å²) in [6.07, 6.45) is 0. The first kappa shape index (κ1) is 18.6. The second-order valence-electron chi connectivity index (χ2n) is 5.84. The molecule has 3 aromatic rings. The Morgan fingerprint density at radius 2 is 1.41 bits per heavy atom. The lowest BCUT2D eigenvalue weighted by atomic mass is 10.0. The zero-order valence-corrected chi connectivity index (χ0v) is 15.9. The minimum absolute atomic E-state index is 0.468.